The van der Waals surface area contributed by atoms with Gasteiger partial charge in [-0.1, -0.05) is 79.0 Å². The number of benzene rings is 3. The number of carboxylic acid groups (broad SMARTS) is 1. The van der Waals surface area contributed by atoms with Gasteiger partial charge in [0, 0.05) is 65.7 Å². The number of piperidine rings is 1. The highest BCUT2D eigenvalue weighted by molar-refractivity contribution is 6.32. The zero-order valence-electron chi connectivity index (χ0n) is 35.5. The minimum Gasteiger partial charge on any atom is -0.491 e. The molecule has 2 unspecified atom stereocenters. The first-order chi connectivity index (χ1) is 31.0. The molecule has 5 aromatic rings. The zero-order valence-corrected chi connectivity index (χ0v) is 37.0. The van der Waals surface area contributed by atoms with E-state index in [1.165, 1.54) is 12.4 Å². The molecule has 7 rings (SSSR count). The van der Waals surface area contributed by atoms with Crippen molar-refractivity contribution < 1.29 is 34.0 Å². The van der Waals surface area contributed by atoms with Gasteiger partial charge >= 0.3 is 5.97 Å². The first kappa shape index (κ1) is 45.6. The van der Waals surface area contributed by atoms with E-state index in [0.717, 1.165) is 29.5 Å². The van der Waals surface area contributed by atoms with E-state index in [4.69, 9.17) is 42.1 Å². The van der Waals surface area contributed by atoms with Crippen LogP contribution in [-0.4, -0.2) is 56.9 Å². The smallest absolute Gasteiger partial charge is 0.320 e. The second-order valence-electron chi connectivity index (χ2n) is 16.1. The Labute approximate surface area is 382 Å². The molecule has 12 nitrogen and oxygen atoms in total. The van der Waals surface area contributed by atoms with Crippen molar-refractivity contribution in [1.29, 1.82) is 10.5 Å². The van der Waals surface area contributed by atoms with Gasteiger partial charge in [-0.2, -0.15) is 10.5 Å². The van der Waals surface area contributed by atoms with Crippen molar-refractivity contribution in [3.05, 3.63) is 158 Å². The molecule has 1 fully saturated rings. The van der Waals surface area contributed by atoms with Crippen LogP contribution in [0, 0.1) is 40.9 Å². The molecule has 328 valence electrons. The maximum Gasteiger partial charge on any atom is 0.320 e. The molecule has 0 bridgehead atoms. The lowest BCUT2D eigenvalue weighted by atomic mass is 9.69. The number of aliphatic hydroxyl groups is 1. The predicted octanol–water partition coefficient (Wildman–Crippen LogP) is 9.66. The summed E-state index contributed by atoms with van der Waals surface area (Å²) in [7, 11) is 0. The highest BCUT2D eigenvalue weighted by atomic mass is 35.5. The zero-order chi connectivity index (χ0) is 45.2. The summed E-state index contributed by atoms with van der Waals surface area (Å²) in [5, 5.41) is 39.7. The summed E-state index contributed by atoms with van der Waals surface area (Å²) in [5.41, 5.74) is 5.79. The highest BCUT2D eigenvalue weighted by Crippen LogP contribution is 2.46. The Hall–Kier alpha value is -6.41. The van der Waals surface area contributed by atoms with Crippen molar-refractivity contribution in [1.82, 2.24) is 14.9 Å². The number of pyridine rings is 2. The van der Waals surface area contributed by atoms with Crippen LogP contribution >= 0.6 is 23.2 Å². The first-order valence-electron chi connectivity index (χ1n) is 20.9. The standard InChI is InChI=1S/C50H47Cl2N5O7/c1-32-8-3-4-9-40(32)41-10-7-12-50(33(41)2,31-64-48-19-46(39(27-58)17-43(48)52)62-29-37-15-35(21-54)23-56-25-37)30-63-47-18-45(61-28-36-14-34(20-53)22-55-24-36)38(16-42(47)51)26-57-13-6-5-11-44(57)49(59)60/h3-4,7-10,12,14-19,22-25,33,44,58H,5-6,11,13,26-31H2,1-2H3,(H,59,60)/t33?,44-,50?/m0/s1. The highest BCUT2D eigenvalue weighted by Gasteiger charge is 2.41. The van der Waals surface area contributed by atoms with Crippen LogP contribution in [-0.2, 0) is 31.2 Å². The minimum atomic E-state index is -0.872. The fourth-order valence-electron chi connectivity index (χ4n) is 8.12. The average Bonchev–Trinajstić information content (AvgIpc) is 3.31. The van der Waals surface area contributed by atoms with Crippen molar-refractivity contribution in [2.24, 2.45) is 11.3 Å². The number of rotatable bonds is 17. The number of carbonyl (C=O) groups is 1. The molecule has 0 amide bonds. The normalized spacial score (nSPS) is 18.3. The third kappa shape index (κ3) is 10.7. The van der Waals surface area contributed by atoms with Crippen LogP contribution in [0.4, 0.5) is 0 Å². The number of halogens is 2. The Balaban J connectivity index is 1.20. The topological polar surface area (TPSA) is 171 Å². The molecule has 1 aliphatic heterocycles. The van der Waals surface area contributed by atoms with Crippen molar-refractivity contribution in [3.63, 3.8) is 0 Å². The fraction of sp³-hybridized carbons (Fsp3) is 0.300. The fourth-order valence-corrected chi connectivity index (χ4v) is 8.60. The number of nitrogens with zero attached hydrogens (tertiary/aromatic N) is 5. The van der Waals surface area contributed by atoms with Gasteiger partial charge in [0.05, 0.1) is 33.2 Å². The molecule has 2 aliphatic rings. The maximum atomic E-state index is 12.3. The van der Waals surface area contributed by atoms with Crippen molar-refractivity contribution in [2.45, 2.75) is 65.5 Å². The largest absolute Gasteiger partial charge is 0.491 e. The van der Waals surface area contributed by atoms with Gasteiger partial charge in [-0.15, -0.1) is 0 Å². The molecule has 3 aromatic carbocycles. The lowest BCUT2D eigenvalue weighted by molar-refractivity contribution is -0.144. The van der Waals surface area contributed by atoms with Gasteiger partial charge in [0.2, 0.25) is 0 Å². The van der Waals surface area contributed by atoms with Gasteiger partial charge in [-0.25, -0.2) is 0 Å². The Morgan fingerprint density at radius 2 is 1.42 bits per heavy atom. The molecular formula is C50H47Cl2N5O7. The Morgan fingerprint density at radius 3 is 2.00 bits per heavy atom. The Kier molecular flexibility index (Phi) is 14.9. The number of carboxylic acids is 1. The molecule has 2 N–H and O–H groups in total. The van der Waals surface area contributed by atoms with Crippen molar-refractivity contribution in [3.8, 4) is 35.1 Å². The third-order valence-electron chi connectivity index (χ3n) is 11.8. The number of allylic oxidation sites excluding steroid dienone is 3. The van der Waals surface area contributed by atoms with Crippen LogP contribution in [0.5, 0.6) is 23.0 Å². The molecule has 64 heavy (non-hydrogen) atoms. The summed E-state index contributed by atoms with van der Waals surface area (Å²) in [6, 6.07) is 21.9. The van der Waals surface area contributed by atoms with E-state index in [1.807, 2.05) is 23.1 Å². The van der Waals surface area contributed by atoms with E-state index in [2.05, 4.69) is 60.2 Å². The monoisotopic (exact) mass is 899 g/mol. The van der Waals surface area contributed by atoms with Crippen LogP contribution in [0.2, 0.25) is 10.0 Å². The number of nitriles is 2. The van der Waals surface area contributed by atoms with Crippen LogP contribution in [0.1, 0.15) is 70.7 Å². The Bertz CT molecular complexity index is 2660. The second kappa shape index (κ2) is 20.8. The third-order valence-corrected chi connectivity index (χ3v) is 12.4. The van der Waals surface area contributed by atoms with Gasteiger partial charge in [-0.05, 0) is 73.2 Å². The molecule has 2 aromatic heterocycles. The first-order valence-corrected chi connectivity index (χ1v) is 21.6. The van der Waals surface area contributed by atoms with Crippen molar-refractivity contribution in [2.75, 3.05) is 19.8 Å². The van der Waals surface area contributed by atoms with Crippen molar-refractivity contribution >= 4 is 34.7 Å². The number of aromatic nitrogens is 2. The molecular weight excluding hydrogens is 853 g/mol. The quantitative estimate of drug-likeness (QED) is 0.0907. The molecule has 0 spiro atoms. The number of hydrogen-bond acceptors (Lipinski definition) is 11. The summed E-state index contributed by atoms with van der Waals surface area (Å²) in [4.78, 5) is 22.5. The van der Waals surface area contributed by atoms with E-state index in [9.17, 15) is 25.5 Å². The van der Waals surface area contributed by atoms with E-state index >= 15 is 0 Å². The van der Waals surface area contributed by atoms with E-state index in [1.54, 1.807) is 48.8 Å². The number of aliphatic carboxylic acids is 1. The van der Waals surface area contributed by atoms with Crippen LogP contribution in [0.3, 0.4) is 0 Å². The minimum absolute atomic E-state index is 0.0886. The number of hydrogen-bond donors (Lipinski definition) is 2. The maximum absolute atomic E-state index is 12.3. The van der Waals surface area contributed by atoms with Gasteiger partial charge in [0.25, 0.3) is 0 Å². The number of likely N-dealkylation sites (tertiary alicyclic amines) is 1. The van der Waals surface area contributed by atoms with Crippen LogP contribution < -0.4 is 18.9 Å². The van der Waals surface area contributed by atoms with E-state index < -0.39 is 17.4 Å². The van der Waals surface area contributed by atoms with Gasteiger partial charge in [-0.3, -0.25) is 19.7 Å². The van der Waals surface area contributed by atoms with Crippen LogP contribution in [0.25, 0.3) is 5.57 Å². The number of ether oxygens (including phenoxy) is 4. The molecule has 0 saturated carbocycles. The molecule has 0 radical (unpaired) electrons. The molecule has 3 atom stereocenters. The predicted molar refractivity (Wildman–Crippen MR) is 242 cm³/mol. The molecule has 1 saturated heterocycles. The molecule has 14 heteroatoms. The van der Waals surface area contributed by atoms with Gasteiger partial charge in [0.1, 0.15) is 67.6 Å². The lowest BCUT2D eigenvalue weighted by Crippen LogP contribution is -2.44. The average molecular weight is 901 g/mol. The summed E-state index contributed by atoms with van der Waals surface area (Å²) in [6.07, 6.45) is 14.6. The summed E-state index contributed by atoms with van der Waals surface area (Å²) in [6.45, 7) is 5.15. The lowest BCUT2D eigenvalue weighted by Gasteiger charge is -2.40. The summed E-state index contributed by atoms with van der Waals surface area (Å²) >= 11 is 13.9. The van der Waals surface area contributed by atoms with E-state index in [0.29, 0.717) is 74.4 Å². The molecule has 3 heterocycles. The second-order valence-corrected chi connectivity index (χ2v) is 16.9. The summed E-state index contributed by atoms with van der Waals surface area (Å²) in [5.74, 6) is 0.452. The number of aliphatic hydroxyl groups excluding tert-OH is 1. The Morgan fingerprint density at radius 1 is 0.828 bits per heavy atom. The SMILES string of the molecule is Cc1ccccc1C1=CC=CC(COc2cc(OCc3cncc(C#N)c3)c(CO)cc2Cl)(COc2cc(OCc3cncc(C#N)c3)c(CN3CCCC[C@H]3C(=O)O)cc2Cl)C1C. The van der Waals surface area contributed by atoms with Gasteiger partial charge < -0.3 is 29.2 Å². The molecule has 1 aliphatic carbocycles. The number of aryl methyl sites for hydroxylation is 1. The van der Waals surface area contributed by atoms with Crippen LogP contribution in [0.15, 0.2) is 104 Å². The van der Waals surface area contributed by atoms with E-state index in [-0.39, 0.29) is 50.5 Å². The summed E-state index contributed by atoms with van der Waals surface area (Å²) < 4.78 is 25.9. The van der Waals surface area contributed by atoms with Gasteiger partial charge in [0.15, 0.2) is 0 Å².